The molecule has 1 aliphatic rings. The van der Waals surface area contributed by atoms with Gasteiger partial charge >= 0.3 is 5.97 Å². The van der Waals surface area contributed by atoms with Crippen LogP contribution in [0.3, 0.4) is 0 Å². The first-order valence-corrected chi connectivity index (χ1v) is 8.74. The maximum absolute atomic E-state index is 12.9. The van der Waals surface area contributed by atoms with Crippen LogP contribution in [0.2, 0.25) is 0 Å². The molecule has 0 spiro atoms. The Labute approximate surface area is 142 Å². The zero-order valence-corrected chi connectivity index (χ0v) is 13.9. The monoisotopic (exact) mass is 332 g/mol. The fourth-order valence-electron chi connectivity index (χ4n) is 3.34. The summed E-state index contributed by atoms with van der Waals surface area (Å²) in [4.78, 5) is 22.6. The van der Waals surface area contributed by atoms with Crippen molar-refractivity contribution in [3.8, 4) is 0 Å². The Morgan fingerprint density at radius 1 is 1.17 bits per heavy atom. The third kappa shape index (κ3) is 5.91. The second kappa shape index (κ2) is 9.36. The molecule has 3 nitrogen and oxygen atoms in total. The quantitative estimate of drug-likeness (QED) is 0.657. The zero-order valence-electron chi connectivity index (χ0n) is 13.9. The molecule has 1 fully saturated rings. The molecule has 0 aromatic heterocycles. The molecule has 0 aliphatic heterocycles. The molecule has 2 rings (SSSR count). The number of rotatable bonds is 9. The number of carbonyl (C=O) groups is 2. The Morgan fingerprint density at radius 3 is 2.58 bits per heavy atom. The Kier molecular flexibility index (Phi) is 7.16. The Morgan fingerprint density at radius 2 is 1.88 bits per heavy atom. The third-order valence-corrected chi connectivity index (χ3v) is 4.72. The van der Waals surface area contributed by atoms with E-state index in [1.165, 1.54) is 12.1 Å². The number of carbonyl (C=O) groups excluding carboxylic acids is 1. The van der Waals surface area contributed by atoms with Crippen molar-refractivity contribution in [1.29, 1.82) is 0 Å². The van der Waals surface area contributed by atoms with Crippen LogP contribution in [0.15, 0.2) is 30.3 Å². The molecule has 1 aliphatic carbocycles. The summed E-state index contributed by atoms with van der Waals surface area (Å²) in [5.41, 5.74) is 0.947. The van der Waals surface area contributed by atoms with Crippen molar-refractivity contribution < 1.29 is 19.1 Å². The van der Waals surface area contributed by atoms with Gasteiger partial charge in [0.1, 0.15) is 11.6 Å². The van der Waals surface area contributed by atoms with Crippen LogP contribution in [0.5, 0.6) is 0 Å². The third-order valence-electron chi connectivity index (χ3n) is 4.72. The predicted octanol–water partition coefficient (Wildman–Crippen LogP) is 4.86. The van der Waals surface area contributed by atoms with Crippen LogP contribution in [0, 0.1) is 17.7 Å². The number of carboxylic acid groups (broad SMARTS) is 1. The second-order valence-corrected chi connectivity index (χ2v) is 6.53. The van der Waals surface area contributed by atoms with E-state index in [1.54, 1.807) is 12.1 Å². The number of carboxylic acids is 1. The first kappa shape index (κ1) is 18.4. The number of aliphatic carboxylic acids is 1. The molecule has 0 amide bonds. The van der Waals surface area contributed by atoms with Crippen molar-refractivity contribution in [3.63, 3.8) is 0 Å². The zero-order chi connectivity index (χ0) is 17.4. The number of hydrogen-bond acceptors (Lipinski definition) is 2. The number of halogens is 1. The summed E-state index contributed by atoms with van der Waals surface area (Å²) in [5, 5.41) is 8.61. The normalized spacial score (nSPS) is 20.8. The SMILES string of the molecule is O=C(O)CCCCCCC1C(=O)CCC1/C=C/c1ccc(F)cc1. The molecule has 1 N–H and O–H groups in total. The van der Waals surface area contributed by atoms with E-state index in [0.29, 0.717) is 18.6 Å². The fourth-order valence-corrected chi connectivity index (χ4v) is 3.34. The second-order valence-electron chi connectivity index (χ2n) is 6.53. The lowest BCUT2D eigenvalue weighted by molar-refractivity contribution is -0.137. The standard InChI is InChI=1S/C20H25FO3/c21-17-12-8-15(9-13-17)7-10-16-11-14-19(22)18(16)5-3-1-2-4-6-20(23)24/h7-10,12-13,16,18H,1-6,11,14H2,(H,23,24)/b10-7+. The molecule has 1 aromatic rings. The molecule has 2 atom stereocenters. The smallest absolute Gasteiger partial charge is 0.303 e. The van der Waals surface area contributed by atoms with Crippen LogP contribution in [-0.2, 0) is 9.59 Å². The molecular weight excluding hydrogens is 307 g/mol. The highest BCUT2D eigenvalue weighted by atomic mass is 19.1. The van der Waals surface area contributed by atoms with Gasteiger partial charge in [-0.15, -0.1) is 0 Å². The van der Waals surface area contributed by atoms with E-state index < -0.39 is 5.97 Å². The number of ketones is 1. The van der Waals surface area contributed by atoms with Crippen LogP contribution in [0.4, 0.5) is 4.39 Å². The van der Waals surface area contributed by atoms with E-state index >= 15 is 0 Å². The van der Waals surface area contributed by atoms with Gasteiger partial charge in [0, 0.05) is 18.8 Å². The summed E-state index contributed by atoms with van der Waals surface area (Å²) >= 11 is 0. The molecule has 130 valence electrons. The van der Waals surface area contributed by atoms with Crippen molar-refractivity contribution in [3.05, 3.63) is 41.7 Å². The van der Waals surface area contributed by atoms with Crippen LogP contribution in [0.25, 0.3) is 6.08 Å². The van der Waals surface area contributed by atoms with Gasteiger partial charge in [0.15, 0.2) is 0 Å². The van der Waals surface area contributed by atoms with Crippen LogP contribution < -0.4 is 0 Å². The minimum Gasteiger partial charge on any atom is -0.481 e. The highest BCUT2D eigenvalue weighted by molar-refractivity contribution is 5.83. The highest BCUT2D eigenvalue weighted by Gasteiger charge is 2.32. The van der Waals surface area contributed by atoms with Crippen molar-refractivity contribution in [2.45, 2.75) is 51.4 Å². The number of hydrogen-bond donors (Lipinski definition) is 1. The first-order valence-electron chi connectivity index (χ1n) is 8.74. The summed E-state index contributed by atoms with van der Waals surface area (Å²) in [6.45, 7) is 0. The van der Waals surface area contributed by atoms with E-state index in [-0.39, 0.29) is 24.1 Å². The van der Waals surface area contributed by atoms with Crippen molar-refractivity contribution in [2.24, 2.45) is 11.8 Å². The van der Waals surface area contributed by atoms with E-state index in [4.69, 9.17) is 5.11 Å². The Hall–Kier alpha value is -1.97. The molecule has 4 heteroatoms. The van der Waals surface area contributed by atoms with Crippen molar-refractivity contribution >= 4 is 17.8 Å². The summed E-state index contributed by atoms with van der Waals surface area (Å²) in [6.07, 6.45) is 10.3. The predicted molar refractivity (Wildman–Crippen MR) is 92.0 cm³/mol. The average molecular weight is 332 g/mol. The number of allylic oxidation sites excluding steroid dienone is 1. The van der Waals surface area contributed by atoms with Crippen LogP contribution in [0.1, 0.15) is 56.9 Å². The highest BCUT2D eigenvalue weighted by Crippen LogP contribution is 2.34. The number of unbranched alkanes of at least 4 members (excludes halogenated alkanes) is 3. The van der Waals surface area contributed by atoms with E-state index in [0.717, 1.165) is 37.7 Å². The fraction of sp³-hybridized carbons (Fsp3) is 0.500. The molecule has 0 bridgehead atoms. The van der Waals surface area contributed by atoms with Gasteiger partial charge in [-0.25, -0.2) is 4.39 Å². The van der Waals surface area contributed by atoms with Gasteiger partial charge in [-0.2, -0.15) is 0 Å². The lowest BCUT2D eigenvalue weighted by Crippen LogP contribution is -2.13. The Bertz CT molecular complexity index is 577. The van der Waals surface area contributed by atoms with Gasteiger partial charge in [-0.1, -0.05) is 43.5 Å². The summed E-state index contributed by atoms with van der Waals surface area (Å²) in [6, 6.07) is 6.35. The minimum absolute atomic E-state index is 0.0844. The van der Waals surface area contributed by atoms with Gasteiger partial charge in [0.05, 0.1) is 0 Å². The maximum Gasteiger partial charge on any atom is 0.303 e. The lowest BCUT2D eigenvalue weighted by Gasteiger charge is -2.14. The van der Waals surface area contributed by atoms with Gasteiger partial charge in [-0.05, 0) is 42.9 Å². The van der Waals surface area contributed by atoms with E-state index in [9.17, 15) is 14.0 Å². The molecule has 0 heterocycles. The van der Waals surface area contributed by atoms with Gasteiger partial charge in [-0.3, -0.25) is 9.59 Å². The van der Waals surface area contributed by atoms with Crippen LogP contribution in [-0.4, -0.2) is 16.9 Å². The summed E-state index contributed by atoms with van der Waals surface area (Å²) < 4.78 is 12.9. The average Bonchev–Trinajstić information content (AvgIpc) is 2.90. The topological polar surface area (TPSA) is 54.4 Å². The lowest BCUT2D eigenvalue weighted by atomic mass is 9.89. The minimum atomic E-state index is -0.744. The molecule has 24 heavy (non-hydrogen) atoms. The largest absolute Gasteiger partial charge is 0.481 e. The number of benzene rings is 1. The van der Waals surface area contributed by atoms with Crippen LogP contribution >= 0.6 is 0 Å². The van der Waals surface area contributed by atoms with Crippen molar-refractivity contribution in [1.82, 2.24) is 0 Å². The van der Waals surface area contributed by atoms with Crippen molar-refractivity contribution in [2.75, 3.05) is 0 Å². The first-order chi connectivity index (χ1) is 11.6. The summed E-state index contributed by atoms with van der Waals surface area (Å²) in [7, 11) is 0. The molecule has 0 radical (unpaired) electrons. The molecule has 1 saturated carbocycles. The van der Waals surface area contributed by atoms with E-state index in [1.807, 2.05) is 6.08 Å². The van der Waals surface area contributed by atoms with E-state index in [2.05, 4.69) is 6.08 Å². The van der Waals surface area contributed by atoms with Gasteiger partial charge in [0.2, 0.25) is 0 Å². The summed E-state index contributed by atoms with van der Waals surface area (Å²) in [5.74, 6) is -0.298. The molecular formula is C20H25FO3. The molecule has 1 aromatic carbocycles. The van der Waals surface area contributed by atoms with Gasteiger partial charge in [0.25, 0.3) is 0 Å². The number of Topliss-reactive ketones (excluding diaryl/α,β-unsaturated/α-hetero) is 1. The molecule has 0 saturated heterocycles. The maximum atomic E-state index is 12.9. The molecule has 2 unspecified atom stereocenters. The Balaban J connectivity index is 1.78. The van der Waals surface area contributed by atoms with Gasteiger partial charge < -0.3 is 5.11 Å².